The van der Waals surface area contributed by atoms with Crippen molar-refractivity contribution in [1.29, 1.82) is 0 Å². The third-order valence-corrected chi connectivity index (χ3v) is 9.43. The fourth-order valence-electron chi connectivity index (χ4n) is 7.10. The second-order valence-electron chi connectivity index (χ2n) is 11.7. The van der Waals surface area contributed by atoms with E-state index in [1.165, 1.54) is 57.1 Å². The lowest BCUT2D eigenvalue weighted by Crippen LogP contribution is -2.25. The van der Waals surface area contributed by atoms with E-state index in [4.69, 9.17) is 4.74 Å². The van der Waals surface area contributed by atoms with Crippen LogP contribution in [0.3, 0.4) is 0 Å². The minimum atomic E-state index is -0.995. The van der Waals surface area contributed by atoms with E-state index < -0.39 is 11.6 Å². The molecule has 5 rings (SSSR count). The molecule has 0 amide bonds. The lowest BCUT2D eigenvalue weighted by Gasteiger charge is -2.38. The van der Waals surface area contributed by atoms with E-state index >= 15 is 4.39 Å². The smallest absolute Gasteiger partial charge is 0.201 e. The van der Waals surface area contributed by atoms with Crippen molar-refractivity contribution in [2.75, 3.05) is 6.51 Å². The molecule has 3 aromatic carbocycles. The molecule has 210 valence electrons. The highest BCUT2D eigenvalue weighted by molar-refractivity contribution is 6.08. The van der Waals surface area contributed by atoms with Crippen LogP contribution in [-0.4, -0.2) is 14.4 Å². The summed E-state index contributed by atoms with van der Waals surface area (Å²) < 4.78 is 49.4. The van der Waals surface area contributed by atoms with Crippen LogP contribution in [0, 0.1) is 35.2 Å². The summed E-state index contributed by atoms with van der Waals surface area (Å²) in [4.78, 5) is 0. The Labute approximate surface area is 238 Å². The van der Waals surface area contributed by atoms with Gasteiger partial charge in [0.05, 0.1) is 6.51 Å². The van der Waals surface area contributed by atoms with Gasteiger partial charge in [0.15, 0.2) is 19.4 Å². The zero-order valence-corrected chi connectivity index (χ0v) is 23.6. The lowest BCUT2D eigenvalue weighted by molar-refractivity contribution is 0.157. The van der Waals surface area contributed by atoms with Gasteiger partial charge in [-0.1, -0.05) is 55.3 Å². The van der Waals surface area contributed by atoms with Gasteiger partial charge in [0.25, 0.3) is 0 Å². The Morgan fingerprint density at radius 3 is 1.95 bits per heavy atom. The summed E-state index contributed by atoms with van der Waals surface area (Å²) in [5, 5.41) is 0. The summed E-state index contributed by atoms with van der Waals surface area (Å²) in [5.41, 5.74) is 3.01. The first kappa shape index (κ1) is 28.6. The van der Waals surface area contributed by atoms with Crippen molar-refractivity contribution < 1.29 is 17.9 Å². The van der Waals surface area contributed by atoms with Crippen molar-refractivity contribution in [2.45, 2.75) is 70.1 Å². The predicted molar refractivity (Wildman–Crippen MR) is 161 cm³/mol. The van der Waals surface area contributed by atoms with Crippen molar-refractivity contribution >= 4 is 7.85 Å². The third-order valence-electron chi connectivity index (χ3n) is 9.43. The Kier molecular flexibility index (Phi) is 9.39. The summed E-state index contributed by atoms with van der Waals surface area (Å²) in [6.07, 6.45) is 14.8. The topological polar surface area (TPSA) is 9.23 Å². The van der Waals surface area contributed by atoms with Gasteiger partial charge in [-0.15, -0.1) is 6.58 Å². The molecule has 1 nitrogen and oxygen atoms in total. The van der Waals surface area contributed by atoms with Crippen molar-refractivity contribution in [3.05, 3.63) is 90.3 Å². The molecule has 5 heteroatoms. The van der Waals surface area contributed by atoms with E-state index in [9.17, 15) is 8.78 Å². The second-order valence-corrected chi connectivity index (χ2v) is 11.7. The van der Waals surface area contributed by atoms with Crippen LogP contribution in [0.4, 0.5) is 13.2 Å². The number of allylic oxidation sites excluding steroid dienone is 1. The first-order valence-corrected chi connectivity index (χ1v) is 15.1. The molecular formula is C35H40BF3O. The van der Waals surface area contributed by atoms with Crippen molar-refractivity contribution in [1.82, 2.24) is 0 Å². The third kappa shape index (κ3) is 6.34. The zero-order valence-electron chi connectivity index (χ0n) is 23.6. The molecular weight excluding hydrogens is 504 g/mol. The van der Waals surface area contributed by atoms with E-state index in [0.29, 0.717) is 22.6 Å². The molecule has 0 saturated heterocycles. The molecule has 0 N–H and O–H groups in total. The van der Waals surface area contributed by atoms with Crippen LogP contribution in [0.5, 0.6) is 5.75 Å². The van der Waals surface area contributed by atoms with Gasteiger partial charge < -0.3 is 4.74 Å². The molecule has 2 aliphatic rings. The van der Waals surface area contributed by atoms with Crippen molar-refractivity contribution in [2.24, 2.45) is 17.8 Å². The molecule has 0 bridgehead atoms. The van der Waals surface area contributed by atoms with Gasteiger partial charge in [0.1, 0.15) is 5.82 Å². The summed E-state index contributed by atoms with van der Waals surface area (Å²) >= 11 is 0. The molecule has 2 aliphatic carbocycles. The normalized spacial score (nSPS) is 23.1. The molecule has 0 atom stereocenters. The van der Waals surface area contributed by atoms with E-state index in [0.717, 1.165) is 42.6 Å². The number of hydrogen-bond acceptors (Lipinski definition) is 1. The van der Waals surface area contributed by atoms with Gasteiger partial charge in [-0.2, -0.15) is 4.39 Å². The maximum Gasteiger partial charge on any atom is 0.201 e. The Morgan fingerprint density at radius 1 is 0.750 bits per heavy atom. The first-order chi connectivity index (χ1) is 19.5. The number of benzene rings is 3. The van der Waals surface area contributed by atoms with Crippen LogP contribution >= 0.6 is 0 Å². The highest BCUT2D eigenvalue weighted by atomic mass is 19.2. The van der Waals surface area contributed by atoms with E-state index in [2.05, 4.69) is 18.7 Å². The Morgan fingerprint density at radius 2 is 1.35 bits per heavy atom. The highest BCUT2D eigenvalue weighted by Crippen LogP contribution is 2.45. The first-order valence-electron chi connectivity index (χ1n) is 15.1. The fourth-order valence-corrected chi connectivity index (χ4v) is 7.10. The van der Waals surface area contributed by atoms with Gasteiger partial charge in [-0.3, -0.25) is 0 Å². The van der Waals surface area contributed by atoms with Crippen molar-refractivity contribution in [3.63, 3.8) is 0 Å². The molecule has 0 heterocycles. The highest BCUT2D eigenvalue weighted by Gasteiger charge is 2.31. The molecule has 2 saturated carbocycles. The second kappa shape index (κ2) is 13.1. The average molecular weight is 545 g/mol. The lowest BCUT2D eigenvalue weighted by atomic mass is 9.68. The monoisotopic (exact) mass is 544 g/mol. The molecule has 0 radical (unpaired) electrons. The van der Waals surface area contributed by atoms with Gasteiger partial charge >= 0.3 is 0 Å². The largest absolute Gasteiger partial charge is 0.500 e. The summed E-state index contributed by atoms with van der Waals surface area (Å²) in [5.74, 6) is 0.735. The Hall–Kier alpha value is -2.95. The van der Waals surface area contributed by atoms with Gasteiger partial charge in [0.2, 0.25) is 5.82 Å². The number of rotatable bonds is 9. The standard InChI is InChI=1S/C35H40BF3O/c1-2-3-4-23-5-7-24(8-6-23)25-9-11-26(12-10-25)29-17-18-30(32(37)21-29)27-13-15-28(16-14-27)31-19-20-33(40-22-36)35(39)34(31)38/h2,13-21,23-26H,1,3-12,22,36H2. The minimum Gasteiger partial charge on any atom is -0.500 e. The van der Waals surface area contributed by atoms with Crippen LogP contribution in [0.15, 0.2) is 67.3 Å². The average Bonchev–Trinajstić information content (AvgIpc) is 2.99. The van der Waals surface area contributed by atoms with Gasteiger partial charge in [0, 0.05) is 11.1 Å². The molecule has 0 unspecified atom stereocenters. The van der Waals surface area contributed by atoms with Crippen LogP contribution in [0.2, 0.25) is 0 Å². The molecule has 0 spiro atoms. The molecule has 2 fully saturated rings. The van der Waals surface area contributed by atoms with Crippen LogP contribution in [-0.2, 0) is 0 Å². The van der Waals surface area contributed by atoms with Crippen LogP contribution in [0.1, 0.15) is 75.7 Å². The SMILES string of the molecule is BCOc1ccc(-c2ccc(-c3ccc(C4CCC(C5CCC(CCC=C)CC5)CC4)cc3F)cc2)c(F)c1F. The van der Waals surface area contributed by atoms with Crippen LogP contribution < -0.4 is 4.74 Å². The van der Waals surface area contributed by atoms with Crippen LogP contribution in [0.25, 0.3) is 22.3 Å². The quantitative estimate of drug-likeness (QED) is 0.193. The number of hydrogen-bond donors (Lipinski definition) is 0. The Bertz CT molecular complexity index is 1290. The molecule has 0 aliphatic heterocycles. The van der Waals surface area contributed by atoms with Gasteiger partial charge in [-0.25, -0.2) is 8.78 Å². The minimum absolute atomic E-state index is 0.0990. The number of ether oxygens (including phenoxy) is 1. The Balaban J connectivity index is 1.20. The maximum atomic E-state index is 15.3. The fraction of sp³-hybridized carbons (Fsp3) is 0.429. The maximum absolute atomic E-state index is 15.3. The molecule has 3 aromatic rings. The van der Waals surface area contributed by atoms with E-state index in [1.54, 1.807) is 38.2 Å². The summed E-state index contributed by atoms with van der Waals surface area (Å²) in [6.45, 7) is 4.13. The van der Waals surface area contributed by atoms with Gasteiger partial charge in [-0.05, 0) is 110 Å². The summed E-state index contributed by atoms with van der Waals surface area (Å²) in [7, 11) is 1.72. The predicted octanol–water partition coefficient (Wildman–Crippen LogP) is 9.45. The zero-order chi connectivity index (χ0) is 28.1. The van der Waals surface area contributed by atoms with E-state index in [-0.39, 0.29) is 23.6 Å². The van der Waals surface area contributed by atoms with Crippen molar-refractivity contribution in [3.8, 4) is 28.0 Å². The number of halogens is 3. The molecule has 0 aromatic heterocycles. The molecule has 40 heavy (non-hydrogen) atoms. The summed E-state index contributed by atoms with van der Waals surface area (Å²) in [6, 6.07) is 15.5. The van der Waals surface area contributed by atoms with E-state index in [1.807, 2.05) is 6.07 Å².